The van der Waals surface area contributed by atoms with Crippen LogP contribution in [-0.2, 0) is 4.79 Å². The van der Waals surface area contributed by atoms with Gasteiger partial charge in [0.1, 0.15) is 5.92 Å². The molecule has 0 radical (unpaired) electrons. The molecule has 0 bridgehead atoms. The number of nitrogens with zero attached hydrogens (tertiary/aromatic N) is 1. The Labute approximate surface area is 113 Å². The van der Waals surface area contributed by atoms with Crippen molar-refractivity contribution in [1.29, 1.82) is 0 Å². The molecule has 1 aliphatic heterocycles. The van der Waals surface area contributed by atoms with Crippen molar-refractivity contribution in [3.8, 4) is 0 Å². The zero-order valence-electron chi connectivity index (χ0n) is 11.6. The summed E-state index contributed by atoms with van der Waals surface area (Å²) in [7, 11) is 0. The highest BCUT2D eigenvalue weighted by molar-refractivity contribution is 5.83. The fourth-order valence-corrected chi connectivity index (χ4v) is 2.42. The number of benzene rings is 1. The van der Waals surface area contributed by atoms with Crippen LogP contribution in [0, 0.1) is 5.92 Å². The maximum atomic E-state index is 11.3. The summed E-state index contributed by atoms with van der Waals surface area (Å²) in [5.41, 5.74) is 0.936. The van der Waals surface area contributed by atoms with Crippen LogP contribution in [-0.4, -0.2) is 34.9 Å². The molecule has 2 atom stereocenters. The van der Waals surface area contributed by atoms with E-state index in [4.69, 9.17) is 0 Å². The van der Waals surface area contributed by atoms with Crippen LogP contribution in [0.5, 0.6) is 0 Å². The minimum absolute atomic E-state index is 0.114. The van der Waals surface area contributed by atoms with Crippen molar-refractivity contribution in [2.45, 2.75) is 32.3 Å². The number of β-amino-alcohol motifs (C(OH)–C–C–N with tert-alkyl or cyclic N) is 1. The van der Waals surface area contributed by atoms with E-state index in [0.717, 1.165) is 11.3 Å². The number of rotatable bonds is 4. The predicted octanol–water partition coefficient (Wildman–Crippen LogP) is 2.08. The van der Waals surface area contributed by atoms with E-state index in [9.17, 15) is 15.0 Å². The smallest absolute Gasteiger partial charge is 0.312 e. The number of para-hydroxylation sites is 1. The van der Waals surface area contributed by atoms with Crippen LogP contribution >= 0.6 is 0 Å². The van der Waals surface area contributed by atoms with Crippen molar-refractivity contribution < 1.29 is 15.0 Å². The van der Waals surface area contributed by atoms with Crippen LogP contribution in [0.2, 0.25) is 0 Å². The van der Waals surface area contributed by atoms with Crippen molar-refractivity contribution in [2.75, 3.05) is 18.0 Å². The van der Waals surface area contributed by atoms with Crippen LogP contribution in [0.4, 0.5) is 5.69 Å². The largest absolute Gasteiger partial charge is 0.481 e. The van der Waals surface area contributed by atoms with Gasteiger partial charge in [-0.2, -0.15) is 0 Å². The fourth-order valence-electron chi connectivity index (χ4n) is 2.42. The highest BCUT2D eigenvalue weighted by atomic mass is 16.4. The van der Waals surface area contributed by atoms with Crippen molar-refractivity contribution in [3.05, 3.63) is 29.8 Å². The second kappa shape index (κ2) is 4.85. The third-order valence-electron chi connectivity index (χ3n) is 4.11. The van der Waals surface area contributed by atoms with E-state index in [1.807, 2.05) is 43.0 Å². The Morgan fingerprint density at radius 2 is 2.11 bits per heavy atom. The molecule has 104 valence electrons. The molecule has 0 aromatic heterocycles. The van der Waals surface area contributed by atoms with Crippen LogP contribution in [0.3, 0.4) is 0 Å². The van der Waals surface area contributed by atoms with Crippen molar-refractivity contribution >= 4 is 11.7 Å². The van der Waals surface area contributed by atoms with Gasteiger partial charge in [0.2, 0.25) is 0 Å². The molecule has 0 saturated heterocycles. The Hall–Kier alpha value is -1.55. The normalized spacial score (nSPS) is 21.3. The molecule has 1 aliphatic rings. The van der Waals surface area contributed by atoms with E-state index in [2.05, 4.69) is 0 Å². The molecule has 2 N–H and O–H groups in total. The SMILES string of the molecule is CC(C)C(C)(O)CN1CC(C(=O)O)c2ccccc21. The molecule has 19 heavy (non-hydrogen) atoms. The van der Waals surface area contributed by atoms with Gasteiger partial charge in [0, 0.05) is 18.8 Å². The van der Waals surface area contributed by atoms with Gasteiger partial charge >= 0.3 is 5.97 Å². The molecule has 1 aromatic carbocycles. The van der Waals surface area contributed by atoms with Gasteiger partial charge in [-0.3, -0.25) is 4.79 Å². The minimum atomic E-state index is -0.833. The fraction of sp³-hybridized carbons (Fsp3) is 0.533. The number of carboxylic acids is 1. The van der Waals surface area contributed by atoms with Gasteiger partial charge in [-0.15, -0.1) is 0 Å². The van der Waals surface area contributed by atoms with E-state index in [-0.39, 0.29) is 5.92 Å². The topological polar surface area (TPSA) is 60.8 Å². The van der Waals surface area contributed by atoms with Crippen LogP contribution in [0.25, 0.3) is 0 Å². The van der Waals surface area contributed by atoms with Crippen LogP contribution < -0.4 is 4.90 Å². The molecule has 0 spiro atoms. The zero-order valence-corrected chi connectivity index (χ0v) is 11.6. The number of anilines is 1. The summed E-state index contributed by atoms with van der Waals surface area (Å²) < 4.78 is 0. The van der Waals surface area contributed by atoms with E-state index in [0.29, 0.717) is 13.1 Å². The molecule has 0 aliphatic carbocycles. The Balaban J connectivity index is 2.28. The van der Waals surface area contributed by atoms with Gasteiger partial charge in [-0.05, 0) is 24.5 Å². The Morgan fingerprint density at radius 1 is 1.47 bits per heavy atom. The number of aliphatic hydroxyl groups is 1. The zero-order chi connectivity index (χ0) is 14.2. The number of carboxylic acid groups (broad SMARTS) is 1. The summed E-state index contributed by atoms with van der Waals surface area (Å²) in [5.74, 6) is -1.19. The summed E-state index contributed by atoms with van der Waals surface area (Å²) in [6, 6.07) is 7.55. The molecular formula is C15H21NO3. The summed E-state index contributed by atoms with van der Waals surface area (Å²) in [6.07, 6.45) is 0. The van der Waals surface area contributed by atoms with Gasteiger partial charge in [-0.1, -0.05) is 32.0 Å². The minimum Gasteiger partial charge on any atom is -0.481 e. The summed E-state index contributed by atoms with van der Waals surface area (Å²) >= 11 is 0. The first-order chi connectivity index (χ1) is 8.83. The second-order valence-electron chi connectivity index (χ2n) is 5.84. The van der Waals surface area contributed by atoms with Gasteiger partial charge in [0.15, 0.2) is 0 Å². The molecule has 0 fully saturated rings. The molecule has 1 heterocycles. The standard InChI is InChI=1S/C15H21NO3/c1-10(2)15(3,19)9-16-8-12(14(17)18)11-6-4-5-7-13(11)16/h4-7,10,12,19H,8-9H2,1-3H3,(H,17,18). The average molecular weight is 263 g/mol. The highest BCUT2D eigenvalue weighted by Gasteiger charge is 2.37. The number of carbonyl (C=O) groups is 1. The summed E-state index contributed by atoms with van der Waals surface area (Å²) in [5, 5.41) is 19.7. The van der Waals surface area contributed by atoms with Crippen LogP contribution in [0.15, 0.2) is 24.3 Å². The van der Waals surface area contributed by atoms with Crippen molar-refractivity contribution in [2.24, 2.45) is 5.92 Å². The Kier molecular flexibility index (Phi) is 3.54. The average Bonchev–Trinajstić information content (AvgIpc) is 2.68. The monoisotopic (exact) mass is 263 g/mol. The van der Waals surface area contributed by atoms with E-state index in [1.54, 1.807) is 6.92 Å². The molecule has 4 heteroatoms. The molecule has 2 unspecified atom stereocenters. The van der Waals surface area contributed by atoms with Gasteiger partial charge in [-0.25, -0.2) is 0 Å². The first kappa shape index (κ1) is 13.9. The van der Waals surface area contributed by atoms with E-state index < -0.39 is 17.5 Å². The molecule has 0 saturated carbocycles. The van der Waals surface area contributed by atoms with Gasteiger partial charge in [0.25, 0.3) is 0 Å². The highest BCUT2D eigenvalue weighted by Crippen LogP contribution is 2.37. The van der Waals surface area contributed by atoms with Crippen LogP contribution in [0.1, 0.15) is 32.3 Å². The van der Waals surface area contributed by atoms with E-state index >= 15 is 0 Å². The molecule has 4 nitrogen and oxygen atoms in total. The maximum Gasteiger partial charge on any atom is 0.312 e. The molecular weight excluding hydrogens is 242 g/mol. The van der Waals surface area contributed by atoms with Crippen molar-refractivity contribution in [1.82, 2.24) is 0 Å². The molecule has 1 aromatic rings. The first-order valence-corrected chi connectivity index (χ1v) is 6.62. The second-order valence-corrected chi connectivity index (χ2v) is 5.84. The number of hydrogen-bond acceptors (Lipinski definition) is 3. The molecule has 2 rings (SSSR count). The maximum absolute atomic E-state index is 11.3. The first-order valence-electron chi connectivity index (χ1n) is 6.62. The summed E-state index contributed by atoms with van der Waals surface area (Å²) in [6.45, 7) is 6.62. The lowest BCUT2D eigenvalue weighted by molar-refractivity contribution is -0.138. The number of fused-ring (bicyclic) bond motifs is 1. The van der Waals surface area contributed by atoms with Gasteiger partial charge in [0.05, 0.1) is 5.60 Å². The quantitative estimate of drug-likeness (QED) is 0.873. The third-order valence-corrected chi connectivity index (χ3v) is 4.11. The predicted molar refractivity (Wildman–Crippen MR) is 74.5 cm³/mol. The van der Waals surface area contributed by atoms with Gasteiger partial charge < -0.3 is 15.1 Å². The third kappa shape index (κ3) is 2.59. The van der Waals surface area contributed by atoms with E-state index in [1.165, 1.54) is 0 Å². The number of hydrogen-bond donors (Lipinski definition) is 2. The lowest BCUT2D eigenvalue weighted by atomic mass is 9.92. The van der Waals surface area contributed by atoms with Crippen molar-refractivity contribution in [3.63, 3.8) is 0 Å². The summed E-state index contributed by atoms with van der Waals surface area (Å²) in [4.78, 5) is 13.3. The molecule has 0 amide bonds. The number of aliphatic carboxylic acids is 1. The lowest BCUT2D eigenvalue weighted by Gasteiger charge is -2.33. The Bertz CT molecular complexity index is 482. The Morgan fingerprint density at radius 3 is 2.68 bits per heavy atom. The lowest BCUT2D eigenvalue weighted by Crippen LogP contribution is -2.44.